The predicted octanol–water partition coefficient (Wildman–Crippen LogP) is 4.81. The number of nitrogens with zero attached hydrogens (tertiary/aromatic N) is 2. The maximum absolute atomic E-state index is 12.0. The number of hydrogen-bond acceptors (Lipinski definition) is 9. The van der Waals surface area contributed by atoms with Crippen LogP contribution in [0.4, 0.5) is 5.69 Å². The normalized spacial score (nSPS) is 14.6. The van der Waals surface area contributed by atoms with E-state index in [1.165, 1.54) is 12.1 Å². The molecule has 1 aliphatic heterocycles. The van der Waals surface area contributed by atoms with Crippen LogP contribution in [0.2, 0.25) is 0 Å². The topological polar surface area (TPSA) is 121 Å². The molecule has 0 radical (unpaired) electrons. The molecule has 1 saturated heterocycles. The molecule has 0 spiro atoms. The number of ether oxygens (including phenoxy) is 4. The summed E-state index contributed by atoms with van der Waals surface area (Å²) in [6, 6.07) is 22.1. The summed E-state index contributed by atoms with van der Waals surface area (Å²) in [6.45, 7) is 5.00. The van der Waals surface area contributed by atoms with Crippen molar-refractivity contribution in [1.29, 1.82) is 0 Å². The fourth-order valence-corrected chi connectivity index (χ4v) is 4.85. The minimum absolute atomic E-state index is 0.0505. The van der Waals surface area contributed by atoms with E-state index in [0.29, 0.717) is 25.7 Å². The van der Waals surface area contributed by atoms with Gasteiger partial charge in [0.2, 0.25) is 0 Å². The second-order valence-electron chi connectivity index (χ2n) is 10.3. The van der Waals surface area contributed by atoms with Crippen molar-refractivity contribution in [3.05, 3.63) is 94.0 Å². The van der Waals surface area contributed by atoms with Gasteiger partial charge in [0.15, 0.2) is 0 Å². The Bertz CT molecular complexity index is 1280. The van der Waals surface area contributed by atoms with E-state index in [0.717, 1.165) is 43.0 Å². The zero-order valence-corrected chi connectivity index (χ0v) is 23.9. The summed E-state index contributed by atoms with van der Waals surface area (Å²) in [5, 5.41) is 22.1. The van der Waals surface area contributed by atoms with Crippen LogP contribution in [-0.2, 0) is 22.6 Å². The van der Waals surface area contributed by atoms with Crippen LogP contribution in [0.3, 0.4) is 0 Å². The monoisotopic (exact) mass is 578 g/mol. The van der Waals surface area contributed by atoms with Crippen molar-refractivity contribution in [3.63, 3.8) is 0 Å². The van der Waals surface area contributed by atoms with Gasteiger partial charge in [-0.2, -0.15) is 0 Å². The lowest BCUT2D eigenvalue weighted by Gasteiger charge is -2.33. The van der Waals surface area contributed by atoms with Gasteiger partial charge < -0.3 is 29.0 Å². The summed E-state index contributed by atoms with van der Waals surface area (Å²) in [5.41, 5.74) is 1.04. The third kappa shape index (κ3) is 9.46. The lowest BCUT2D eigenvalue weighted by Crippen LogP contribution is -2.41. The van der Waals surface area contributed by atoms with Gasteiger partial charge >= 0.3 is 5.97 Å². The van der Waals surface area contributed by atoms with Gasteiger partial charge in [-0.05, 0) is 74.7 Å². The number of nitro benzene ring substituents is 1. The molecule has 10 heteroatoms. The van der Waals surface area contributed by atoms with Crippen molar-refractivity contribution in [1.82, 2.24) is 4.90 Å². The first-order chi connectivity index (χ1) is 20.4. The zero-order valence-electron chi connectivity index (χ0n) is 23.9. The molecule has 1 fully saturated rings. The summed E-state index contributed by atoms with van der Waals surface area (Å²) in [6.07, 6.45) is 0.814. The van der Waals surface area contributed by atoms with E-state index in [4.69, 9.17) is 18.9 Å². The smallest absolute Gasteiger partial charge is 0.310 e. The summed E-state index contributed by atoms with van der Waals surface area (Å²) in [5.74, 6) is 1.64. The zero-order chi connectivity index (χ0) is 29.7. The van der Waals surface area contributed by atoms with Crippen molar-refractivity contribution in [2.24, 2.45) is 5.92 Å². The maximum atomic E-state index is 12.0. The third-order valence-electron chi connectivity index (χ3n) is 7.10. The Balaban J connectivity index is 1.17. The number of β-amino-alcohol motifs (C(OH)–C–C–N with tert-alkyl or cyclic N) is 1. The molecule has 42 heavy (non-hydrogen) atoms. The number of aliphatic hydroxyl groups excluding tert-OH is 1. The van der Waals surface area contributed by atoms with Gasteiger partial charge in [0, 0.05) is 12.6 Å². The van der Waals surface area contributed by atoms with Crippen LogP contribution in [0.1, 0.15) is 30.9 Å². The number of benzene rings is 3. The molecule has 224 valence electrons. The molecule has 0 saturated carbocycles. The Morgan fingerprint density at radius 1 is 0.976 bits per heavy atom. The Kier molecular flexibility index (Phi) is 11.5. The van der Waals surface area contributed by atoms with Gasteiger partial charge in [-0.15, -0.1) is 0 Å². The quantitative estimate of drug-likeness (QED) is 0.154. The van der Waals surface area contributed by atoms with E-state index in [1.54, 1.807) is 13.0 Å². The molecular weight excluding hydrogens is 540 g/mol. The molecule has 1 N–H and O–H groups in total. The Morgan fingerprint density at radius 2 is 1.67 bits per heavy atom. The number of hydrogen-bond donors (Lipinski definition) is 1. The highest BCUT2D eigenvalue weighted by molar-refractivity contribution is 5.75. The first kappa shape index (κ1) is 30.8. The molecule has 1 heterocycles. The molecule has 3 aromatic carbocycles. The third-order valence-corrected chi connectivity index (χ3v) is 7.10. The molecule has 10 nitrogen and oxygen atoms in total. The van der Waals surface area contributed by atoms with Gasteiger partial charge in [0.25, 0.3) is 5.69 Å². The van der Waals surface area contributed by atoms with E-state index >= 15 is 0 Å². The number of esters is 1. The molecule has 4 rings (SSSR count). The van der Waals surface area contributed by atoms with E-state index in [-0.39, 0.29) is 36.6 Å². The number of likely N-dealkylation sites (tertiary alicyclic amines) is 1. The first-order valence-electron chi connectivity index (χ1n) is 14.3. The number of nitro groups is 1. The highest BCUT2D eigenvalue weighted by atomic mass is 16.6. The average Bonchev–Trinajstić information content (AvgIpc) is 3.00. The molecule has 1 atom stereocenters. The first-order valence-corrected chi connectivity index (χ1v) is 14.3. The highest BCUT2D eigenvalue weighted by Gasteiger charge is 2.24. The molecular formula is C32H38N2O8. The summed E-state index contributed by atoms with van der Waals surface area (Å²) >= 11 is 0. The fraction of sp³-hybridized carbons (Fsp3) is 0.406. The van der Waals surface area contributed by atoms with Crippen LogP contribution in [0.25, 0.3) is 0 Å². The molecule has 0 aliphatic carbocycles. The summed E-state index contributed by atoms with van der Waals surface area (Å²) in [7, 11) is 0. The number of piperidine rings is 1. The number of carbonyl (C=O) groups excluding carboxylic acids is 1. The summed E-state index contributed by atoms with van der Waals surface area (Å²) in [4.78, 5) is 25.1. The van der Waals surface area contributed by atoms with Crippen LogP contribution in [0.15, 0.2) is 72.8 Å². The molecule has 0 amide bonds. The van der Waals surface area contributed by atoms with E-state index in [1.807, 2.05) is 54.6 Å². The van der Waals surface area contributed by atoms with Gasteiger partial charge in [0.1, 0.15) is 36.6 Å². The van der Waals surface area contributed by atoms with Crippen LogP contribution < -0.4 is 14.2 Å². The lowest BCUT2D eigenvalue weighted by atomic mass is 9.97. The van der Waals surface area contributed by atoms with Crippen LogP contribution in [0, 0.1) is 16.0 Å². The maximum Gasteiger partial charge on any atom is 0.310 e. The van der Waals surface area contributed by atoms with Gasteiger partial charge in [-0.25, -0.2) is 0 Å². The van der Waals surface area contributed by atoms with Crippen molar-refractivity contribution in [2.75, 3.05) is 39.5 Å². The molecule has 0 aromatic heterocycles. The lowest BCUT2D eigenvalue weighted by molar-refractivity contribution is -0.385. The number of carbonyl (C=O) groups is 1. The predicted molar refractivity (Wildman–Crippen MR) is 157 cm³/mol. The standard InChI is InChI=1S/C32H38N2O8/c1-2-39-32(36)19-29-30(34(37)38)9-6-10-31(29)42-23-26(35)20-33-17-15-25(16-18-33)22-41-28-13-11-27(12-14-28)40-21-24-7-4-3-5-8-24/h3-14,25-26,35H,2,15-23H2,1H3. The SMILES string of the molecule is CCOC(=O)Cc1c(OCC(O)CN2CCC(COc3ccc(OCc4ccccc4)cc3)CC2)cccc1[N+](=O)[O-]. The van der Waals surface area contributed by atoms with Gasteiger partial charge in [0.05, 0.1) is 30.1 Å². The van der Waals surface area contributed by atoms with Crippen molar-refractivity contribution >= 4 is 11.7 Å². The van der Waals surface area contributed by atoms with Crippen molar-refractivity contribution < 1.29 is 33.8 Å². The molecule has 3 aromatic rings. The molecule has 1 unspecified atom stereocenters. The molecule has 1 aliphatic rings. The minimum atomic E-state index is -0.796. The van der Waals surface area contributed by atoms with Crippen LogP contribution in [0.5, 0.6) is 17.2 Å². The van der Waals surface area contributed by atoms with Crippen molar-refractivity contribution in [2.45, 2.75) is 38.9 Å². The summed E-state index contributed by atoms with van der Waals surface area (Å²) < 4.78 is 22.6. The van der Waals surface area contributed by atoms with Crippen LogP contribution >= 0.6 is 0 Å². The highest BCUT2D eigenvalue weighted by Crippen LogP contribution is 2.29. The van der Waals surface area contributed by atoms with E-state index in [9.17, 15) is 20.0 Å². The Hall–Kier alpha value is -4.15. The second kappa shape index (κ2) is 15.7. The largest absolute Gasteiger partial charge is 0.493 e. The van der Waals surface area contributed by atoms with E-state index in [2.05, 4.69) is 4.90 Å². The Morgan fingerprint density at radius 3 is 2.33 bits per heavy atom. The Labute approximate surface area is 245 Å². The molecule has 0 bridgehead atoms. The average molecular weight is 579 g/mol. The van der Waals surface area contributed by atoms with Gasteiger partial charge in [-0.3, -0.25) is 14.9 Å². The van der Waals surface area contributed by atoms with Gasteiger partial charge in [-0.1, -0.05) is 36.4 Å². The van der Waals surface area contributed by atoms with Crippen molar-refractivity contribution in [3.8, 4) is 17.2 Å². The number of aliphatic hydroxyl groups is 1. The van der Waals surface area contributed by atoms with E-state index < -0.39 is 17.0 Å². The second-order valence-corrected chi connectivity index (χ2v) is 10.3. The van der Waals surface area contributed by atoms with Crippen LogP contribution in [-0.4, -0.2) is 66.5 Å². The minimum Gasteiger partial charge on any atom is -0.493 e. The fourth-order valence-electron chi connectivity index (χ4n) is 4.85. The number of rotatable bonds is 15.